The van der Waals surface area contributed by atoms with Crippen LogP contribution in [0.3, 0.4) is 0 Å². The number of imidazole rings is 1. The van der Waals surface area contributed by atoms with Crippen molar-refractivity contribution in [2.75, 3.05) is 19.4 Å². The first-order valence-electron chi connectivity index (χ1n) is 6.51. The molecular formula is C15H20N4O. The summed E-state index contributed by atoms with van der Waals surface area (Å²) in [5, 5.41) is 3.29. The van der Waals surface area contributed by atoms with E-state index in [1.165, 1.54) is 0 Å². The van der Waals surface area contributed by atoms with Gasteiger partial charge in [-0.25, -0.2) is 4.98 Å². The molecule has 0 unspecified atom stereocenters. The van der Waals surface area contributed by atoms with Crippen LogP contribution in [-0.2, 0) is 13.6 Å². The summed E-state index contributed by atoms with van der Waals surface area (Å²) in [6.07, 6.45) is 3.66. The number of carbonyl (C=O) groups is 1. The Labute approximate surface area is 119 Å². The minimum Gasteiger partial charge on any atom is -0.377 e. The number of anilines is 1. The monoisotopic (exact) mass is 272 g/mol. The topological polar surface area (TPSA) is 50.2 Å². The Morgan fingerprint density at radius 2 is 2.15 bits per heavy atom. The van der Waals surface area contributed by atoms with E-state index in [-0.39, 0.29) is 5.91 Å². The van der Waals surface area contributed by atoms with Gasteiger partial charge in [0.05, 0.1) is 12.1 Å². The maximum atomic E-state index is 12.2. The quantitative estimate of drug-likeness (QED) is 0.926. The molecule has 2 rings (SSSR count). The van der Waals surface area contributed by atoms with Crippen molar-refractivity contribution in [2.45, 2.75) is 13.5 Å². The van der Waals surface area contributed by atoms with E-state index in [9.17, 15) is 4.79 Å². The van der Waals surface area contributed by atoms with Gasteiger partial charge in [-0.2, -0.15) is 0 Å². The molecule has 0 aliphatic heterocycles. The van der Waals surface area contributed by atoms with Crippen LogP contribution in [0.15, 0.2) is 30.6 Å². The Morgan fingerprint density at radius 1 is 1.40 bits per heavy atom. The summed E-state index contributed by atoms with van der Waals surface area (Å²) in [5.41, 5.74) is 2.58. The molecule has 0 atom stereocenters. The number of amides is 1. The van der Waals surface area contributed by atoms with Gasteiger partial charge in [-0.15, -0.1) is 0 Å². The molecule has 5 heteroatoms. The molecule has 0 fully saturated rings. The Bertz CT molecular complexity index is 616. The average molecular weight is 272 g/mol. The van der Waals surface area contributed by atoms with E-state index >= 15 is 0 Å². The van der Waals surface area contributed by atoms with Gasteiger partial charge in [0.15, 0.2) is 0 Å². The summed E-state index contributed by atoms with van der Waals surface area (Å²) in [5.74, 6) is 0.921. The van der Waals surface area contributed by atoms with Gasteiger partial charge >= 0.3 is 0 Å². The number of nitrogens with one attached hydrogen (secondary N) is 1. The molecular weight excluding hydrogens is 252 g/mol. The van der Waals surface area contributed by atoms with Gasteiger partial charge in [-0.3, -0.25) is 4.79 Å². The van der Waals surface area contributed by atoms with Crippen molar-refractivity contribution in [3.63, 3.8) is 0 Å². The van der Waals surface area contributed by atoms with Gasteiger partial charge in [-0.05, 0) is 19.1 Å². The largest absolute Gasteiger partial charge is 0.377 e. The van der Waals surface area contributed by atoms with Crippen molar-refractivity contribution in [3.05, 3.63) is 47.5 Å². The molecule has 1 N–H and O–H groups in total. The SMILES string of the molecule is Cc1ccc(NCc2nccn2C)c(C(=O)N(C)C)c1. The number of hydrogen-bond donors (Lipinski definition) is 1. The number of nitrogens with zero attached hydrogens (tertiary/aromatic N) is 3. The number of rotatable bonds is 4. The molecule has 0 aliphatic carbocycles. The molecule has 106 valence electrons. The molecule has 1 aromatic heterocycles. The third-order valence-electron chi connectivity index (χ3n) is 3.17. The first-order valence-corrected chi connectivity index (χ1v) is 6.51. The lowest BCUT2D eigenvalue weighted by atomic mass is 10.1. The van der Waals surface area contributed by atoms with Gasteiger partial charge in [0.25, 0.3) is 5.91 Å². The highest BCUT2D eigenvalue weighted by Gasteiger charge is 2.13. The van der Waals surface area contributed by atoms with E-state index in [4.69, 9.17) is 0 Å². The Kier molecular flexibility index (Phi) is 4.08. The van der Waals surface area contributed by atoms with E-state index in [1.807, 2.05) is 42.9 Å². The Hall–Kier alpha value is -2.30. The molecule has 1 aromatic carbocycles. The van der Waals surface area contributed by atoms with Crippen LogP contribution in [0.5, 0.6) is 0 Å². The molecule has 1 amide bonds. The van der Waals surface area contributed by atoms with Gasteiger partial charge in [-0.1, -0.05) is 11.6 Å². The minimum atomic E-state index is -0.00367. The van der Waals surface area contributed by atoms with Crippen LogP contribution in [0.25, 0.3) is 0 Å². The summed E-state index contributed by atoms with van der Waals surface area (Å²) >= 11 is 0. The maximum absolute atomic E-state index is 12.2. The molecule has 1 heterocycles. The molecule has 0 saturated heterocycles. The molecule has 0 spiro atoms. The Morgan fingerprint density at radius 3 is 2.75 bits per heavy atom. The fourth-order valence-electron chi connectivity index (χ4n) is 1.97. The number of carbonyl (C=O) groups excluding carboxylic acids is 1. The predicted molar refractivity (Wildman–Crippen MR) is 79.7 cm³/mol. The first-order chi connectivity index (χ1) is 9.49. The van der Waals surface area contributed by atoms with Crippen LogP contribution in [0, 0.1) is 6.92 Å². The lowest BCUT2D eigenvalue weighted by Crippen LogP contribution is -2.23. The molecule has 20 heavy (non-hydrogen) atoms. The molecule has 5 nitrogen and oxygen atoms in total. The van der Waals surface area contributed by atoms with Crippen molar-refractivity contribution in [1.29, 1.82) is 0 Å². The second kappa shape index (κ2) is 5.77. The summed E-state index contributed by atoms with van der Waals surface area (Å²) in [7, 11) is 5.46. The number of aromatic nitrogens is 2. The number of hydrogen-bond acceptors (Lipinski definition) is 3. The van der Waals surface area contributed by atoms with Crippen LogP contribution in [0.2, 0.25) is 0 Å². The lowest BCUT2D eigenvalue weighted by molar-refractivity contribution is 0.0828. The van der Waals surface area contributed by atoms with Gasteiger partial charge in [0.1, 0.15) is 5.82 Å². The zero-order valence-electron chi connectivity index (χ0n) is 12.3. The van der Waals surface area contributed by atoms with E-state index in [2.05, 4.69) is 10.3 Å². The van der Waals surface area contributed by atoms with Crippen LogP contribution < -0.4 is 5.32 Å². The molecule has 2 aromatic rings. The zero-order valence-corrected chi connectivity index (χ0v) is 12.3. The maximum Gasteiger partial charge on any atom is 0.255 e. The van der Waals surface area contributed by atoms with Crippen LogP contribution in [-0.4, -0.2) is 34.5 Å². The van der Waals surface area contributed by atoms with E-state index in [0.29, 0.717) is 12.1 Å². The van der Waals surface area contributed by atoms with Crippen molar-refractivity contribution in [3.8, 4) is 0 Å². The molecule has 0 radical (unpaired) electrons. The van der Waals surface area contributed by atoms with E-state index in [0.717, 1.165) is 17.1 Å². The van der Waals surface area contributed by atoms with Crippen LogP contribution >= 0.6 is 0 Å². The molecule has 0 aliphatic rings. The van der Waals surface area contributed by atoms with Crippen LogP contribution in [0.4, 0.5) is 5.69 Å². The minimum absolute atomic E-state index is 0.00367. The molecule has 0 saturated carbocycles. The summed E-state index contributed by atoms with van der Waals surface area (Å²) in [4.78, 5) is 18.1. The zero-order chi connectivity index (χ0) is 14.7. The fraction of sp³-hybridized carbons (Fsp3) is 0.333. The third kappa shape index (κ3) is 2.99. The summed E-state index contributed by atoms with van der Waals surface area (Å²) in [6.45, 7) is 2.56. The van der Waals surface area contributed by atoms with Crippen LogP contribution in [0.1, 0.15) is 21.7 Å². The highest BCUT2D eigenvalue weighted by atomic mass is 16.2. The van der Waals surface area contributed by atoms with Gasteiger partial charge in [0, 0.05) is 39.2 Å². The second-order valence-electron chi connectivity index (χ2n) is 5.06. The van der Waals surface area contributed by atoms with Crippen molar-refractivity contribution < 1.29 is 4.79 Å². The van der Waals surface area contributed by atoms with E-state index < -0.39 is 0 Å². The highest BCUT2D eigenvalue weighted by Crippen LogP contribution is 2.19. The lowest BCUT2D eigenvalue weighted by Gasteiger charge is -2.16. The summed E-state index contributed by atoms with van der Waals surface area (Å²) in [6, 6.07) is 5.84. The number of benzene rings is 1. The van der Waals surface area contributed by atoms with E-state index in [1.54, 1.807) is 25.2 Å². The second-order valence-corrected chi connectivity index (χ2v) is 5.06. The predicted octanol–water partition coefficient (Wildman–Crippen LogP) is 2.04. The van der Waals surface area contributed by atoms with Crippen molar-refractivity contribution >= 4 is 11.6 Å². The fourth-order valence-corrected chi connectivity index (χ4v) is 1.97. The van der Waals surface area contributed by atoms with Gasteiger partial charge < -0.3 is 14.8 Å². The molecule has 0 bridgehead atoms. The highest BCUT2D eigenvalue weighted by molar-refractivity contribution is 5.99. The van der Waals surface area contributed by atoms with Crippen molar-refractivity contribution in [2.24, 2.45) is 7.05 Å². The standard InChI is InChI=1S/C15H20N4O/c1-11-5-6-13(12(9-11)15(20)18(2)3)17-10-14-16-7-8-19(14)4/h5-9,17H,10H2,1-4H3. The average Bonchev–Trinajstić information content (AvgIpc) is 2.82. The normalized spacial score (nSPS) is 10.4. The first kappa shape index (κ1) is 14.1. The Balaban J connectivity index is 2.23. The smallest absolute Gasteiger partial charge is 0.255 e. The van der Waals surface area contributed by atoms with Gasteiger partial charge in [0.2, 0.25) is 0 Å². The summed E-state index contributed by atoms with van der Waals surface area (Å²) < 4.78 is 1.95. The third-order valence-corrected chi connectivity index (χ3v) is 3.17. The van der Waals surface area contributed by atoms with Crippen molar-refractivity contribution in [1.82, 2.24) is 14.5 Å². The number of aryl methyl sites for hydroxylation is 2.